The zero-order chi connectivity index (χ0) is 14.3. The van der Waals surface area contributed by atoms with Gasteiger partial charge in [0, 0.05) is 24.7 Å². The summed E-state index contributed by atoms with van der Waals surface area (Å²) >= 11 is 0. The summed E-state index contributed by atoms with van der Waals surface area (Å²) in [6.45, 7) is 6.91. The van der Waals surface area contributed by atoms with Crippen molar-refractivity contribution in [3.63, 3.8) is 0 Å². The van der Waals surface area contributed by atoms with Gasteiger partial charge in [0.05, 0.1) is 5.69 Å². The van der Waals surface area contributed by atoms with E-state index in [1.807, 2.05) is 24.0 Å². The summed E-state index contributed by atoms with van der Waals surface area (Å²) in [5, 5.41) is 0. The number of anilines is 1. The molecule has 0 aromatic heterocycles. The number of nitrogens with zero attached hydrogens (tertiary/aromatic N) is 1. The van der Waals surface area contributed by atoms with Crippen LogP contribution in [0.15, 0.2) is 29.2 Å². The Labute approximate surface area is 114 Å². The normalized spacial score (nSPS) is 18.5. The Hall–Kier alpha value is -1.11. The number of sulfonamides is 1. The molecule has 0 atom stereocenters. The third-order valence-corrected chi connectivity index (χ3v) is 4.70. The lowest BCUT2D eigenvalue weighted by Gasteiger charge is -2.47. The maximum atomic E-state index is 12.3. The van der Waals surface area contributed by atoms with Crippen molar-refractivity contribution in [2.24, 2.45) is 5.73 Å². The summed E-state index contributed by atoms with van der Waals surface area (Å²) in [5.41, 5.74) is 6.47. The van der Waals surface area contributed by atoms with Crippen molar-refractivity contribution >= 4 is 15.7 Å². The van der Waals surface area contributed by atoms with E-state index in [1.165, 1.54) is 0 Å². The Morgan fingerprint density at radius 1 is 1.32 bits per heavy atom. The van der Waals surface area contributed by atoms with Gasteiger partial charge in [0.2, 0.25) is 10.0 Å². The largest absolute Gasteiger partial charge is 0.367 e. The van der Waals surface area contributed by atoms with E-state index in [1.54, 1.807) is 26.0 Å². The van der Waals surface area contributed by atoms with Crippen molar-refractivity contribution in [2.45, 2.75) is 37.2 Å². The molecule has 2 rings (SSSR count). The summed E-state index contributed by atoms with van der Waals surface area (Å²) in [6.07, 6.45) is 0. The molecular formula is C13H21N3O2S. The molecule has 19 heavy (non-hydrogen) atoms. The van der Waals surface area contributed by atoms with E-state index in [-0.39, 0.29) is 11.6 Å². The second-order valence-corrected chi connectivity index (χ2v) is 7.44. The number of nitrogens with two attached hydrogens (primary N) is 1. The molecular weight excluding hydrogens is 262 g/mol. The Morgan fingerprint density at radius 3 is 2.42 bits per heavy atom. The molecule has 0 unspecified atom stereocenters. The Kier molecular flexibility index (Phi) is 3.59. The van der Waals surface area contributed by atoms with Gasteiger partial charge in [-0.05, 0) is 32.9 Å². The molecule has 1 saturated heterocycles. The maximum Gasteiger partial charge on any atom is 0.242 e. The highest BCUT2D eigenvalue weighted by Gasteiger charge is 2.37. The van der Waals surface area contributed by atoms with Crippen LogP contribution in [0.25, 0.3) is 0 Å². The summed E-state index contributed by atoms with van der Waals surface area (Å²) in [6, 6.07) is 6.90. The van der Waals surface area contributed by atoms with Gasteiger partial charge in [-0.3, -0.25) is 0 Å². The van der Waals surface area contributed by atoms with Crippen molar-refractivity contribution in [1.82, 2.24) is 4.72 Å². The number of nitrogens with one attached hydrogen (secondary N) is 1. The lowest BCUT2D eigenvalue weighted by Crippen LogP contribution is -2.65. The predicted molar refractivity (Wildman–Crippen MR) is 76.7 cm³/mol. The van der Waals surface area contributed by atoms with Gasteiger partial charge in [-0.25, -0.2) is 13.1 Å². The predicted octanol–water partition coefficient (Wildman–Crippen LogP) is 0.911. The quantitative estimate of drug-likeness (QED) is 0.861. The Balaban J connectivity index is 2.32. The fraction of sp³-hybridized carbons (Fsp3) is 0.538. The van der Waals surface area contributed by atoms with Crippen molar-refractivity contribution in [1.29, 1.82) is 0 Å². The van der Waals surface area contributed by atoms with Crippen LogP contribution < -0.4 is 15.4 Å². The molecule has 3 N–H and O–H groups in total. The minimum absolute atomic E-state index is 0.130. The third-order valence-electron chi connectivity index (χ3n) is 2.99. The first-order valence-corrected chi connectivity index (χ1v) is 7.85. The summed E-state index contributed by atoms with van der Waals surface area (Å²) in [4.78, 5) is 2.31. The fourth-order valence-electron chi connectivity index (χ4n) is 2.32. The Bertz CT molecular complexity index is 559. The molecule has 1 aromatic carbocycles. The highest BCUT2D eigenvalue weighted by molar-refractivity contribution is 7.89. The Morgan fingerprint density at radius 2 is 1.89 bits per heavy atom. The maximum absolute atomic E-state index is 12.3. The summed E-state index contributed by atoms with van der Waals surface area (Å²) in [5.74, 6) is 0. The molecule has 1 aliphatic rings. The van der Waals surface area contributed by atoms with Crippen molar-refractivity contribution < 1.29 is 8.42 Å². The van der Waals surface area contributed by atoms with Crippen LogP contribution in [0.1, 0.15) is 20.8 Å². The second kappa shape index (κ2) is 4.77. The highest BCUT2D eigenvalue weighted by atomic mass is 32.2. The molecule has 0 saturated carbocycles. The van der Waals surface area contributed by atoms with Gasteiger partial charge in [0.15, 0.2) is 0 Å². The van der Waals surface area contributed by atoms with Crippen LogP contribution in [-0.2, 0) is 10.0 Å². The minimum atomic E-state index is -3.48. The monoisotopic (exact) mass is 283 g/mol. The van der Waals surface area contributed by atoms with E-state index < -0.39 is 10.0 Å². The van der Waals surface area contributed by atoms with Crippen LogP contribution in [-0.4, -0.2) is 33.1 Å². The number of hydrogen-bond donors (Lipinski definition) is 2. The number of rotatable bonds is 4. The molecule has 106 valence electrons. The van der Waals surface area contributed by atoms with Gasteiger partial charge < -0.3 is 10.6 Å². The summed E-state index contributed by atoms with van der Waals surface area (Å²) < 4.78 is 27.2. The first-order chi connectivity index (χ1) is 8.71. The third kappa shape index (κ3) is 3.08. The van der Waals surface area contributed by atoms with Gasteiger partial charge in [0.25, 0.3) is 0 Å². The van der Waals surface area contributed by atoms with Crippen molar-refractivity contribution in [3.05, 3.63) is 24.3 Å². The molecule has 1 aliphatic heterocycles. The van der Waals surface area contributed by atoms with E-state index in [9.17, 15) is 8.42 Å². The molecule has 1 fully saturated rings. The number of hydrogen-bond acceptors (Lipinski definition) is 4. The molecule has 0 bridgehead atoms. The topological polar surface area (TPSA) is 75.4 Å². The zero-order valence-electron chi connectivity index (χ0n) is 11.6. The van der Waals surface area contributed by atoms with Gasteiger partial charge in [-0.2, -0.15) is 0 Å². The molecule has 0 amide bonds. The van der Waals surface area contributed by atoms with Gasteiger partial charge in [-0.15, -0.1) is 0 Å². The van der Waals surface area contributed by atoms with Crippen LogP contribution in [0.4, 0.5) is 5.69 Å². The van der Waals surface area contributed by atoms with Crippen LogP contribution in [0, 0.1) is 0 Å². The van der Waals surface area contributed by atoms with E-state index in [2.05, 4.69) is 4.72 Å². The van der Waals surface area contributed by atoms with E-state index in [0.29, 0.717) is 18.0 Å². The average molecular weight is 283 g/mol. The van der Waals surface area contributed by atoms with Crippen LogP contribution >= 0.6 is 0 Å². The van der Waals surface area contributed by atoms with Crippen LogP contribution in [0.3, 0.4) is 0 Å². The summed E-state index contributed by atoms with van der Waals surface area (Å²) in [7, 11) is -3.48. The lowest BCUT2D eigenvalue weighted by atomic mass is 9.93. The van der Waals surface area contributed by atoms with Crippen molar-refractivity contribution in [2.75, 3.05) is 18.0 Å². The average Bonchev–Trinajstić information content (AvgIpc) is 2.24. The molecule has 0 aliphatic carbocycles. The lowest BCUT2D eigenvalue weighted by molar-refractivity contribution is 0.363. The standard InChI is InChI=1S/C13H21N3O2S/c1-10(2)15-19(17,18)12-7-5-4-6-11(12)16-8-13(3,14)9-16/h4-7,10,15H,8-9,14H2,1-3H3. The molecule has 5 nitrogen and oxygen atoms in total. The number of para-hydroxylation sites is 1. The molecule has 1 heterocycles. The van der Waals surface area contributed by atoms with Gasteiger partial charge in [0.1, 0.15) is 4.90 Å². The van der Waals surface area contributed by atoms with E-state index >= 15 is 0 Å². The van der Waals surface area contributed by atoms with Crippen LogP contribution in [0.5, 0.6) is 0 Å². The van der Waals surface area contributed by atoms with Gasteiger partial charge in [-0.1, -0.05) is 12.1 Å². The molecule has 1 aromatic rings. The van der Waals surface area contributed by atoms with Gasteiger partial charge >= 0.3 is 0 Å². The SMILES string of the molecule is CC(C)NS(=O)(=O)c1ccccc1N1CC(C)(N)C1. The van der Waals surface area contributed by atoms with Crippen LogP contribution in [0.2, 0.25) is 0 Å². The van der Waals surface area contributed by atoms with E-state index in [4.69, 9.17) is 5.73 Å². The molecule has 6 heteroatoms. The highest BCUT2D eigenvalue weighted by Crippen LogP contribution is 2.31. The number of benzene rings is 1. The minimum Gasteiger partial charge on any atom is -0.367 e. The fourth-order valence-corrected chi connectivity index (χ4v) is 3.79. The van der Waals surface area contributed by atoms with E-state index in [0.717, 1.165) is 5.69 Å². The molecule has 0 radical (unpaired) electrons. The smallest absolute Gasteiger partial charge is 0.242 e. The van der Waals surface area contributed by atoms with Crippen molar-refractivity contribution in [3.8, 4) is 0 Å². The zero-order valence-corrected chi connectivity index (χ0v) is 12.4. The second-order valence-electron chi connectivity index (χ2n) is 5.75. The first-order valence-electron chi connectivity index (χ1n) is 6.36. The molecule has 0 spiro atoms. The first kappa shape index (κ1) is 14.3.